The van der Waals surface area contributed by atoms with E-state index in [1.807, 2.05) is 0 Å². The first-order valence-corrected chi connectivity index (χ1v) is 8.56. The summed E-state index contributed by atoms with van der Waals surface area (Å²) < 4.78 is 29.0. The van der Waals surface area contributed by atoms with Gasteiger partial charge in [-0.1, -0.05) is 0 Å². The van der Waals surface area contributed by atoms with Crippen LogP contribution in [-0.2, 0) is 23.7 Å². The second-order valence-electron chi connectivity index (χ2n) is 7.64. The number of fused-ring (bicyclic) bond motifs is 2. The van der Waals surface area contributed by atoms with E-state index >= 15 is 0 Å². The Kier molecular flexibility index (Phi) is 2.23. The molecule has 8 unspecified atom stereocenters. The summed E-state index contributed by atoms with van der Waals surface area (Å²) in [4.78, 5) is 0. The molecular weight excluding hydrogens is 272 g/mol. The van der Waals surface area contributed by atoms with Crippen molar-refractivity contribution >= 4 is 0 Å². The molecule has 6 aliphatic rings. The summed E-state index contributed by atoms with van der Waals surface area (Å²) in [5.74, 6) is 0. The zero-order valence-corrected chi connectivity index (χ0v) is 12.2. The largest absolute Gasteiger partial charge is 0.376 e. The van der Waals surface area contributed by atoms with E-state index in [1.54, 1.807) is 0 Å². The highest BCUT2D eigenvalue weighted by Crippen LogP contribution is 2.59. The van der Waals surface area contributed by atoms with E-state index in [1.165, 1.54) is 38.5 Å². The number of hydrogen-bond donors (Lipinski definition) is 0. The average molecular weight is 294 g/mol. The molecule has 6 fully saturated rings. The van der Waals surface area contributed by atoms with Gasteiger partial charge in [0.2, 0.25) is 0 Å². The zero-order valence-electron chi connectivity index (χ0n) is 12.2. The van der Waals surface area contributed by atoms with E-state index in [0.29, 0.717) is 37.6 Å². The van der Waals surface area contributed by atoms with Crippen LogP contribution >= 0.6 is 0 Å². The monoisotopic (exact) mass is 294 g/mol. The van der Waals surface area contributed by atoms with Crippen LogP contribution in [0.25, 0.3) is 0 Å². The average Bonchev–Trinajstić information content (AvgIpc) is 3.37. The summed E-state index contributed by atoms with van der Waals surface area (Å²) in [5, 5.41) is 0. The first-order valence-electron chi connectivity index (χ1n) is 8.56. The van der Waals surface area contributed by atoms with Crippen molar-refractivity contribution in [2.45, 2.75) is 86.4 Å². The van der Waals surface area contributed by atoms with Crippen molar-refractivity contribution in [2.24, 2.45) is 0 Å². The van der Waals surface area contributed by atoms with E-state index in [0.717, 1.165) is 0 Å². The number of rotatable bonds is 6. The van der Waals surface area contributed by atoms with Gasteiger partial charge < -0.3 is 23.7 Å². The molecule has 5 nitrogen and oxygen atoms in total. The second-order valence-corrected chi connectivity index (χ2v) is 7.64. The van der Waals surface area contributed by atoms with Crippen LogP contribution in [0.15, 0.2) is 0 Å². The molecule has 0 bridgehead atoms. The molecule has 4 heterocycles. The van der Waals surface area contributed by atoms with Crippen LogP contribution in [0.3, 0.4) is 0 Å². The molecule has 0 aromatic carbocycles. The summed E-state index contributed by atoms with van der Waals surface area (Å²) in [6.07, 6.45) is 9.42. The predicted molar refractivity (Wildman–Crippen MR) is 71.1 cm³/mol. The fraction of sp³-hybridized carbons (Fsp3) is 1.00. The van der Waals surface area contributed by atoms with Crippen molar-refractivity contribution in [1.29, 1.82) is 0 Å². The lowest BCUT2D eigenvalue weighted by atomic mass is 10.0. The van der Waals surface area contributed by atoms with Crippen LogP contribution in [0, 0.1) is 0 Å². The lowest BCUT2D eigenvalue weighted by Crippen LogP contribution is -2.24. The third kappa shape index (κ3) is 1.64. The van der Waals surface area contributed by atoms with Crippen LogP contribution in [-0.4, -0.2) is 61.0 Å². The maximum absolute atomic E-state index is 5.83. The SMILES string of the molecule is C1CC2OC2(C2OC2COCC2OC2C23CCCC2O3)C1. The fourth-order valence-electron chi connectivity index (χ4n) is 5.12. The van der Waals surface area contributed by atoms with Crippen molar-refractivity contribution < 1.29 is 23.7 Å². The van der Waals surface area contributed by atoms with Gasteiger partial charge in [-0.3, -0.25) is 0 Å². The van der Waals surface area contributed by atoms with Gasteiger partial charge in [-0.15, -0.1) is 0 Å². The maximum atomic E-state index is 5.83. The lowest BCUT2D eigenvalue weighted by Gasteiger charge is -2.05. The fourth-order valence-corrected chi connectivity index (χ4v) is 5.12. The van der Waals surface area contributed by atoms with Gasteiger partial charge in [-0.25, -0.2) is 0 Å². The van der Waals surface area contributed by atoms with Gasteiger partial charge in [0.1, 0.15) is 35.6 Å². The normalized spacial score (nSPS) is 62.3. The molecule has 21 heavy (non-hydrogen) atoms. The molecule has 5 heteroatoms. The van der Waals surface area contributed by atoms with Gasteiger partial charge in [0.15, 0.2) is 0 Å². The molecule has 0 radical (unpaired) electrons. The van der Waals surface area contributed by atoms with Crippen LogP contribution in [0.5, 0.6) is 0 Å². The van der Waals surface area contributed by atoms with Crippen LogP contribution in [0.1, 0.15) is 38.5 Å². The van der Waals surface area contributed by atoms with E-state index in [4.69, 9.17) is 23.7 Å². The Balaban J connectivity index is 0.961. The molecular formula is C16H22O5. The van der Waals surface area contributed by atoms with Gasteiger partial charge in [0.05, 0.1) is 25.4 Å². The standard InChI is InChI=1S/C16H22O5/c1-3-11-15(5-1,20-11)13-9(18-13)7-17-8-10-14(19-10)16-6-2-4-12(16)21-16/h9-14H,1-8H2. The van der Waals surface area contributed by atoms with E-state index in [2.05, 4.69) is 0 Å². The highest BCUT2D eigenvalue weighted by molar-refractivity contribution is 5.19. The van der Waals surface area contributed by atoms with Crippen molar-refractivity contribution in [3.05, 3.63) is 0 Å². The lowest BCUT2D eigenvalue weighted by molar-refractivity contribution is 0.101. The summed E-state index contributed by atoms with van der Waals surface area (Å²) in [5.41, 5.74) is 0.176. The molecule has 0 spiro atoms. The Morgan fingerprint density at radius 3 is 1.71 bits per heavy atom. The van der Waals surface area contributed by atoms with E-state index < -0.39 is 0 Å². The molecule has 4 aliphatic heterocycles. The molecule has 0 aromatic heterocycles. The van der Waals surface area contributed by atoms with Gasteiger partial charge in [-0.2, -0.15) is 0 Å². The number of ether oxygens (including phenoxy) is 5. The molecule has 0 amide bonds. The Hall–Kier alpha value is -0.200. The van der Waals surface area contributed by atoms with Crippen LogP contribution in [0.2, 0.25) is 0 Å². The Morgan fingerprint density at radius 1 is 0.810 bits per heavy atom. The Labute approximate surface area is 124 Å². The molecule has 8 atom stereocenters. The van der Waals surface area contributed by atoms with Crippen molar-refractivity contribution in [3.8, 4) is 0 Å². The highest BCUT2D eigenvalue weighted by atomic mass is 16.7. The number of hydrogen-bond acceptors (Lipinski definition) is 5. The molecule has 2 saturated carbocycles. The van der Waals surface area contributed by atoms with E-state index in [9.17, 15) is 0 Å². The van der Waals surface area contributed by atoms with Crippen molar-refractivity contribution in [2.75, 3.05) is 13.2 Å². The maximum Gasteiger partial charge on any atom is 0.123 e. The third-order valence-corrected chi connectivity index (χ3v) is 6.46. The van der Waals surface area contributed by atoms with Gasteiger partial charge >= 0.3 is 0 Å². The molecule has 116 valence electrons. The summed E-state index contributed by atoms with van der Waals surface area (Å²) >= 11 is 0. The predicted octanol–water partition coefficient (Wildman–Crippen LogP) is 1.18. The number of epoxide rings is 4. The first-order chi connectivity index (χ1) is 10.3. The summed E-state index contributed by atoms with van der Waals surface area (Å²) in [6.45, 7) is 1.37. The van der Waals surface area contributed by atoms with Crippen LogP contribution in [0.4, 0.5) is 0 Å². The van der Waals surface area contributed by atoms with E-state index in [-0.39, 0.29) is 23.4 Å². The minimum absolute atomic E-state index is 0.0878. The van der Waals surface area contributed by atoms with Crippen molar-refractivity contribution in [3.63, 3.8) is 0 Å². The quantitative estimate of drug-likeness (QED) is 0.689. The van der Waals surface area contributed by atoms with Crippen LogP contribution < -0.4 is 0 Å². The van der Waals surface area contributed by atoms with Gasteiger partial charge in [0, 0.05) is 0 Å². The Bertz CT molecular complexity index is 441. The third-order valence-electron chi connectivity index (χ3n) is 6.46. The molecule has 0 aromatic rings. The second kappa shape index (κ2) is 3.82. The minimum Gasteiger partial charge on any atom is -0.376 e. The molecule has 4 saturated heterocycles. The molecule has 6 rings (SSSR count). The Morgan fingerprint density at radius 2 is 1.33 bits per heavy atom. The minimum atomic E-state index is 0.0878. The first kappa shape index (κ1) is 12.3. The topological polar surface area (TPSA) is 59.4 Å². The van der Waals surface area contributed by atoms with Crippen molar-refractivity contribution in [1.82, 2.24) is 0 Å². The summed E-state index contributed by atoms with van der Waals surface area (Å²) in [6, 6.07) is 0. The smallest absolute Gasteiger partial charge is 0.123 e. The van der Waals surface area contributed by atoms with Gasteiger partial charge in [0.25, 0.3) is 0 Å². The van der Waals surface area contributed by atoms with Gasteiger partial charge in [-0.05, 0) is 38.5 Å². The molecule has 2 aliphatic carbocycles. The zero-order chi connectivity index (χ0) is 13.7. The summed E-state index contributed by atoms with van der Waals surface area (Å²) in [7, 11) is 0. The highest BCUT2D eigenvalue weighted by Gasteiger charge is 2.72. The molecule has 0 N–H and O–H groups in total.